The van der Waals surface area contributed by atoms with Crippen molar-refractivity contribution in [1.82, 2.24) is 25.1 Å². The first-order chi connectivity index (χ1) is 14.6. The van der Waals surface area contributed by atoms with Crippen LogP contribution in [-0.2, 0) is 4.79 Å². The molecular weight excluding hydrogens is 466 g/mol. The van der Waals surface area contributed by atoms with Gasteiger partial charge in [0.05, 0.1) is 11.4 Å². The Morgan fingerprint density at radius 1 is 1.03 bits per heavy atom. The molecule has 0 unspecified atom stereocenters. The summed E-state index contributed by atoms with van der Waals surface area (Å²) < 4.78 is 2.60. The van der Waals surface area contributed by atoms with Crippen LogP contribution in [0.3, 0.4) is 0 Å². The molecule has 1 aliphatic rings. The first kappa shape index (κ1) is 20.8. The van der Waals surface area contributed by atoms with E-state index in [9.17, 15) is 4.79 Å². The molecule has 10 heteroatoms. The summed E-state index contributed by atoms with van der Waals surface area (Å²) in [6.07, 6.45) is 0. The number of likely N-dealkylation sites (N-methyl/N-ethyl adjacent to an activating group) is 1. The van der Waals surface area contributed by atoms with E-state index < -0.39 is 0 Å². The van der Waals surface area contributed by atoms with Crippen LogP contribution in [0.5, 0.6) is 0 Å². The molecule has 2 aromatic carbocycles. The maximum atomic E-state index is 12.4. The summed E-state index contributed by atoms with van der Waals surface area (Å²) >= 11 is 4.71. The van der Waals surface area contributed by atoms with E-state index in [0.717, 1.165) is 42.0 Å². The van der Waals surface area contributed by atoms with E-state index in [2.05, 4.69) is 65.8 Å². The van der Waals surface area contributed by atoms with Crippen molar-refractivity contribution in [3.63, 3.8) is 0 Å². The lowest BCUT2D eigenvalue weighted by atomic mass is 10.2. The number of aromatic nitrogens is 4. The number of nitrogens with one attached hydrogen (secondary N) is 1. The lowest BCUT2D eigenvalue weighted by Crippen LogP contribution is -2.44. The van der Waals surface area contributed by atoms with Crippen LogP contribution in [0, 0.1) is 0 Å². The highest BCUT2D eigenvalue weighted by Crippen LogP contribution is 2.22. The number of tetrazole rings is 1. The fourth-order valence-electron chi connectivity index (χ4n) is 3.16. The average molecular weight is 488 g/mol. The third kappa shape index (κ3) is 5.18. The van der Waals surface area contributed by atoms with E-state index in [-0.39, 0.29) is 11.7 Å². The standard InChI is InChI=1S/C20H22BrN7OS/c1-26-10-12-27(13-11-26)17-8-4-16(5-9-17)22-19(29)14-30-20-23-24-25-28(20)18-6-2-15(21)3-7-18/h2-9H,10-14H2,1H3,(H,22,29). The van der Waals surface area contributed by atoms with Crippen LogP contribution >= 0.6 is 27.7 Å². The Labute approximate surface area is 187 Å². The van der Waals surface area contributed by atoms with E-state index >= 15 is 0 Å². The number of rotatable bonds is 6. The second kappa shape index (κ2) is 9.59. The van der Waals surface area contributed by atoms with Crippen LogP contribution in [0.4, 0.5) is 11.4 Å². The van der Waals surface area contributed by atoms with Crippen molar-refractivity contribution in [1.29, 1.82) is 0 Å². The van der Waals surface area contributed by atoms with Gasteiger partial charge in [0.2, 0.25) is 11.1 Å². The van der Waals surface area contributed by atoms with Gasteiger partial charge in [0.1, 0.15) is 0 Å². The summed E-state index contributed by atoms with van der Waals surface area (Å²) in [4.78, 5) is 17.1. The van der Waals surface area contributed by atoms with E-state index in [1.165, 1.54) is 17.4 Å². The Morgan fingerprint density at radius 3 is 2.40 bits per heavy atom. The minimum atomic E-state index is -0.0993. The van der Waals surface area contributed by atoms with Gasteiger partial charge in [-0.2, -0.15) is 4.68 Å². The highest BCUT2D eigenvalue weighted by atomic mass is 79.9. The number of amides is 1. The van der Waals surface area contributed by atoms with Crippen LogP contribution in [0.15, 0.2) is 58.2 Å². The Morgan fingerprint density at radius 2 is 1.70 bits per heavy atom. The van der Waals surface area contributed by atoms with Crippen LogP contribution < -0.4 is 10.2 Å². The van der Waals surface area contributed by atoms with Gasteiger partial charge in [-0.15, -0.1) is 5.10 Å². The second-order valence-electron chi connectivity index (χ2n) is 7.02. The van der Waals surface area contributed by atoms with Gasteiger partial charge in [0.15, 0.2) is 0 Å². The Balaban J connectivity index is 1.31. The molecule has 3 aromatic rings. The molecule has 0 atom stereocenters. The van der Waals surface area contributed by atoms with Crippen LogP contribution in [-0.4, -0.2) is 70.0 Å². The van der Waals surface area contributed by atoms with Gasteiger partial charge in [-0.05, 0) is 66.0 Å². The maximum absolute atomic E-state index is 12.4. The van der Waals surface area contributed by atoms with Crippen molar-refractivity contribution >= 4 is 45.0 Å². The van der Waals surface area contributed by atoms with Gasteiger partial charge in [-0.3, -0.25) is 4.79 Å². The van der Waals surface area contributed by atoms with Gasteiger partial charge in [0.25, 0.3) is 0 Å². The van der Waals surface area contributed by atoms with Crippen LogP contribution in [0.2, 0.25) is 0 Å². The van der Waals surface area contributed by atoms with Gasteiger partial charge in [-0.1, -0.05) is 27.7 Å². The van der Waals surface area contributed by atoms with Gasteiger partial charge in [-0.25, -0.2) is 0 Å². The molecule has 2 heterocycles. The fraction of sp³-hybridized carbons (Fsp3) is 0.300. The smallest absolute Gasteiger partial charge is 0.234 e. The molecule has 1 saturated heterocycles. The largest absolute Gasteiger partial charge is 0.369 e. The zero-order valence-corrected chi connectivity index (χ0v) is 18.9. The monoisotopic (exact) mass is 487 g/mol. The van der Waals surface area contributed by atoms with Crippen molar-refractivity contribution in [2.45, 2.75) is 5.16 Å². The van der Waals surface area contributed by atoms with E-state index in [1.807, 2.05) is 36.4 Å². The number of carbonyl (C=O) groups excluding carboxylic acids is 1. The normalized spacial score (nSPS) is 14.7. The van der Waals surface area contributed by atoms with Crippen LogP contribution in [0.1, 0.15) is 0 Å². The lowest BCUT2D eigenvalue weighted by molar-refractivity contribution is -0.113. The minimum Gasteiger partial charge on any atom is -0.369 e. The molecule has 156 valence electrons. The molecule has 0 spiro atoms. The number of hydrogen-bond donors (Lipinski definition) is 1. The molecule has 1 fully saturated rings. The summed E-state index contributed by atoms with van der Waals surface area (Å²) in [6, 6.07) is 15.7. The second-order valence-corrected chi connectivity index (χ2v) is 8.88. The first-order valence-electron chi connectivity index (χ1n) is 9.59. The minimum absolute atomic E-state index is 0.0993. The number of carbonyl (C=O) groups is 1. The Hall–Kier alpha value is -2.43. The number of thioether (sulfide) groups is 1. The quantitative estimate of drug-likeness (QED) is 0.535. The summed E-state index contributed by atoms with van der Waals surface area (Å²) in [5, 5.41) is 15.3. The van der Waals surface area contributed by atoms with Crippen molar-refractivity contribution in [2.24, 2.45) is 0 Å². The molecule has 4 rings (SSSR count). The summed E-state index contributed by atoms with van der Waals surface area (Å²) in [7, 11) is 2.14. The third-order valence-corrected chi connectivity index (χ3v) is 6.31. The molecule has 8 nitrogen and oxygen atoms in total. The van der Waals surface area contributed by atoms with Crippen molar-refractivity contribution in [3.8, 4) is 5.69 Å². The number of piperazine rings is 1. The lowest BCUT2D eigenvalue weighted by Gasteiger charge is -2.34. The number of halogens is 1. The van der Waals surface area contributed by atoms with Gasteiger partial charge >= 0.3 is 0 Å². The van der Waals surface area contributed by atoms with E-state index in [0.29, 0.717) is 5.16 Å². The number of anilines is 2. The SMILES string of the molecule is CN1CCN(c2ccc(NC(=O)CSc3nnnn3-c3ccc(Br)cc3)cc2)CC1. The summed E-state index contributed by atoms with van der Waals surface area (Å²) in [6.45, 7) is 4.17. The Bertz CT molecular complexity index is 985. The zero-order chi connectivity index (χ0) is 20.9. The average Bonchev–Trinajstić information content (AvgIpc) is 3.23. The van der Waals surface area contributed by atoms with E-state index in [1.54, 1.807) is 4.68 Å². The summed E-state index contributed by atoms with van der Waals surface area (Å²) in [5.74, 6) is 0.120. The topological polar surface area (TPSA) is 79.2 Å². The van der Waals surface area contributed by atoms with Crippen molar-refractivity contribution < 1.29 is 4.79 Å². The summed E-state index contributed by atoms with van der Waals surface area (Å²) in [5.41, 5.74) is 2.81. The fourth-order valence-corrected chi connectivity index (χ4v) is 4.12. The number of nitrogens with zero attached hydrogens (tertiary/aromatic N) is 6. The predicted molar refractivity (Wildman–Crippen MR) is 122 cm³/mol. The molecule has 1 amide bonds. The third-order valence-electron chi connectivity index (χ3n) is 4.86. The molecular formula is C20H22BrN7OS. The Kier molecular flexibility index (Phi) is 6.66. The van der Waals surface area contributed by atoms with Crippen molar-refractivity contribution in [2.75, 3.05) is 49.2 Å². The molecule has 0 radical (unpaired) electrons. The van der Waals surface area contributed by atoms with Gasteiger partial charge < -0.3 is 15.1 Å². The molecule has 0 bridgehead atoms. The van der Waals surface area contributed by atoms with Crippen LogP contribution in [0.25, 0.3) is 5.69 Å². The molecule has 0 saturated carbocycles. The van der Waals surface area contributed by atoms with Crippen molar-refractivity contribution in [3.05, 3.63) is 53.0 Å². The highest BCUT2D eigenvalue weighted by Gasteiger charge is 2.15. The predicted octanol–water partition coefficient (Wildman–Crippen LogP) is 2.91. The van der Waals surface area contributed by atoms with Gasteiger partial charge in [0, 0.05) is 42.0 Å². The number of hydrogen-bond acceptors (Lipinski definition) is 7. The molecule has 1 N–H and O–H groups in total. The zero-order valence-electron chi connectivity index (χ0n) is 16.5. The molecule has 30 heavy (non-hydrogen) atoms. The molecule has 1 aliphatic heterocycles. The molecule has 0 aliphatic carbocycles. The first-order valence-corrected chi connectivity index (χ1v) is 11.4. The number of benzene rings is 2. The molecule has 1 aromatic heterocycles. The van der Waals surface area contributed by atoms with E-state index in [4.69, 9.17) is 0 Å². The highest BCUT2D eigenvalue weighted by molar-refractivity contribution is 9.10. The maximum Gasteiger partial charge on any atom is 0.234 e.